The number of pyridine rings is 1. The number of nitrogens with zero attached hydrogens (tertiary/aromatic N) is 2. The molecule has 3 heterocycles. The number of piperidine rings is 1. The van der Waals surface area contributed by atoms with Crippen LogP contribution in [-0.2, 0) is 7.05 Å². The number of fused-ring (bicyclic) bond motifs is 1. The fraction of sp³-hybridized carbons (Fsp3) is 0.462. The molecule has 2 aromatic rings. The van der Waals surface area contributed by atoms with Gasteiger partial charge in [-0.2, -0.15) is 0 Å². The van der Waals surface area contributed by atoms with Crippen LogP contribution in [-0.4, -0.2) is 22.6 Å². The zero-order valence-corrected chi connectivity index (χ0v) is 9.61. The first-order valence-electron chi connectivity index (χ1n) is 5.97. The Morgan fingerprint density at radius 1 is 1.44 bits per heavy atom. The van der Waals surface area contributed by atoms with Crippen molar-refractivity contribution in [3.8, 4) is 0 Å². The highest BCUT2D eigenvalue weighted by Crippen LogP contribution is 2.28. The molecule has 0 amide bonds. The van der Waals surface area contributed by atoms with E-state index in [1.807, 2.05) is 6.20 Å². The lowest BCUT2D eigenvalue weighted by atomic mass is 9.94. The molecule has 0 saturated carbocycles. The number of aryl methyl sites for hydroxylation is 1. The summed E-state index contributed by atoms with van der Waals surface area (Å²) in [5, 5.41) is 4.78. The topological polar surface area (TPSA) is 29.9 Å². The van der Waals surface area contributed by atoms with Crippen LogP contribution >= 0.6 is 0 Å². The standard InChI is InChI=1S/C13H17N3/c1-16-8-5-11-12(16)4-7-15-13(11)10-3-2-6-14-9-10/h4-5,7-8,10,14H,2-3,6,9H2,1H3. The van der Waals surface area contributed by atoms with Crippen molar-refractivity contribution in [1.29, 1.82) is 0 Å². The van der Waals surface area contributed by atoms with Gasteiger partial charge in [-0.3, -0.25) is 4.98 Å². The van der Waals surface area contributed by atoms with Gasteiger partial charge in [0.25, 0.3) is 0 Å². The van der Waals surface area contributed by atoms with Gasteiger partial charge < -0.3 is 9.88 Å². The largest absolute Gasteiger partial charge is 0.350 e. The highest BCUT2D eigenvalue weighted by atomic mass is 14.9. The first-order chi connectivity index (χ1) is 7.86. The molecule has 0 radical (unpaired) electrons. The van der Waals surface area contributed by atoms with Crippen molar-refractivity contribution in [3.63, 3.8) is 0 Å². The van der Waals surface area contributed by atoms with Crippen LogP contribution in [0, 0.1) is 0 Å². The lowest BCUT2D eigenvalue weighted by Crippen LogP contribution is -2.28. The molecule has 0 spiro atoms. The Morgan fingerprint density at radius 2 is 2.38 bits per heavy atom. The lowest BCUT2D eigenvalue weighted by Gasteiger charge is -2.22. The molecule has 3 nitrogen and oxygen atoms in total. The Labute approximate surface area is 95.5 Å². The number of rotatable bonds is 1. The van der Waals surface area contributed by atoms with E-state index in [-0.39, 0.29) is 0 Å². The van der Waals surface area contributed by atoms with Crippen LogP contribution in [0.3, 0.4) is 0 Å². The quantitative estimate of drug-likeness (QED) is 0.789. The predicted molar refractivity (Wildman–Crippen MR) is 65.6 cm³/mol. The summed E-state index contributed by atoms with van der Waals surface area (Å²) in [4.78, 5) is 4.59. The summed E-state index contributed by atoms with van der Waals surface area (Å²) < 4.78 is 2.16. The van der Waals surface area contributed by atoms with Crippen molar-refractivity contribution in [2.45, 2.75) is 18.8 Å². The molecule has 1 aliphatic rings. The van der Waals surface area contributed by atoms with Gasteiger partial charge in [0.2, 0.25) is 0 Å². The van der Waals surface area contributed by atoms with Crippen molar-refractivity contribution >= 4 is 10.9 Å². The van der Waals surface area contributed by atoms with E-state index in [0.717, 1.165) is 13.1 Å². The molecule has 1 fully saturated rings. The molecule has 1 saturated heterocycles. The first-order valence-corrected chi connectivity index (χ1v) is 5.97. The van der Waals surface area contributed by atoms with E-state index < -0.39 is 0 Å². The summed E-state index contributed by atoms with van der Waals surface area (Å²) in [5.74, 6) is 0.583. The summed E-state index contributed by atoms with van der Waals surface area (Å²) >= 11 is 0. The van der Waals surface area contributed by atoms with Gasteiger partial charge in [-0.1, -0.05) is 0 Å². The van der Waals surface area contributed by atoms with Crippen LogP contribution < -0.4 is 5.32 Å². The highest BCUT2D eigenvalue weighted by Gasteiger charge is 2.19. The predicted octanol–water partition coefficient (Wildman–Crippen LogP) is 2.04. The molecule has 1 N–H and O–H groups in total. The van der Waals surface area contributed by atoms with E-state index in [2.05, 4.69) is 40.2 Å². The summed E-state index contributed by atoms with van der Waals surface area (Å²) in [5.41, 5.74) is 2.56. The van der Waals surface area contributed by atoms with Crippen molar-refractivity contribution in [2.75, 3.05) is 13.1 Å². The highest BCUT2D eigenvalue weighted by molar-refractivity contribution is 5.82. The summed E-state index contributed by atoms with van der Waals surface area (Å²) in [6, 6.07) is 4.28. The summed E-state index contributed by atoms with van der Waals surface area (Å²) in [6.07, 6.45) is 6.57. The van der Waals surface area contributed by atoms with Crippen LogP contribution in [0.4, 0.5) is 0 Å². The molecule has 3 heteroatoms. The third-order valence-corrected chi connectivity index (χ3v) is 3.53. The van der Waals surface area contributed by atoms with Crippen molar-refractivity contribution in [3.05, 3.63) is 30.2 Å². The third-order valence-electron chi connectivity index (χ3n) is 3.53. The second kappa shape index (κ2) is 3.91. The fourth-order valence-corrected chi connectivity index (χ4v) is 2.63. The van der Waals surface area contributed by atoms with E-state index in [4.69, 9.17) is 0 Å². The molecule has 0 aliphatic carbocycles. The minimum absolute atomic E-state index is 0.583. The minimum Gasteiger partial charge on any atom is -0.350 e. The van der Waals surface area contributed by atoms with Gasteiger partial charge in [0.1, 0.15) is 0 Å². The molecule has 84 valence electrons. The second-order valence-corrected chi connectivity index (χ2v) is 4.60. The van der Waals surface area contributed by atoms with Crippen LogP contribution in [0.25, 0.3) is 10.9 Å². The number of nitrogens with one attached hydrogen (secondary N) is 1. The fourth-order valence-electron chi connectivity index (χ4n) is 2.63. The van der Waals surface area contributed by atoms with Gasteiger partial charge >= 0.3 is 0 Å². The summed E-state index contributed by atoms with van der Waals surface area (Å²) in [6.45, 7) is 2.22. The van der Waals surface area contributed by atoms with E-state index in [9.17, 15) is 0 Å². The average molecular weight is 215 g/mol. The Morgan fingerprint density at radius 3 is 3.19 bits per heavy atom. The van der Waals surface area contributed by atoms with Crippen LogP contribution in [0.1, 0.15) is 24.5 Å². The van der Waals surface area contributed by atoms with E-state index in [1.165, 1.54) is 29.4 Å². The maximum Gasteiger partial charge on any atom is 0.0540 e. The zero-order chi connectivity index (χ0) is 11.0. The molecule has 1 atom stereocenters. The number of hydrogen-bond acceptors (Lipinski definition) is 2. The van der Waals surface area contributed by atoms with Crippen LogP contribution in [0.15, 0.2) is 24.5 Å². The van der Waals surface area contributed by atoms with E-state index in [0.29, 0.717) is 5.92 Å². The van der Waals surface area contributed by atoms with Gasteiger partial charge in [-0.05, 0) is 31.5 Å². The minimum atomic E-state index is 0.583. The number of aromatic nitrogens is 2. The molecule has 1 aliphatic heterocycles. The third kappa shape index (κ3) is 1.52. The smallest absolute Gasteiger partial charge is 0.0540 e. The van der Waals surface area contributed by atoms with Gasteiger partial charge in [0, 0.05) is 37.3 Å². The SMILES string of the molecule is Cn1ccc2c(C3CCCNC3)nccc21. The Bertz CT molecular complexity index is 495. The maximum absolute atomic E-state index is 4.59. The molecule has 1 unspecified atom stereocenters. The van der Waals surface area contributed by atoms with Gasteiger partial charge in [0.15, 0.2) is 0 Å². The molecular weight excluding hydrogens is 198 g/mol. The lowest BCUT2D eigenvalue weighted by molar-refractivity contribution is 0.457. The molecule has 16 heavy (non-hydrogen) atoms. The van der Waals surface area contributed by atoms with E-state index in [1.54, 1.807) is 0 Å². The second-order valence-electron chi connectivity index (χ2n) is 4.60. The first kappa shape index (κ1) is 9.85. The van der Waals surface area contributed by atoms with Gasteiger partial charge in [0.05, 0.1) is 11.2 Å². The monoisotopic (exact) mass is 215 g/mol. The van der Waals surface area contributed by atoms with Gasteiger partial charge in [-0.25, -0.2) is 0 Å². The molecule has 0 bridgehead atoms. The molecule has 3 rings (SSSR count). The number of hydrogen-bond donors (Lipinski definition) is 1. The van der Waals surface area contributed by atoms with Crippen molar-refractivity contribution in [1.82, 2.24) is 14.9 Å². The maximum atomic E-state index is 4.59. The van der Waals surface area contributed by atoms with Crippen LogP contribution in [0.2, 0.25) is 0 Å². The zero-order valence-electron chi connectivity index (χ0n) is 9.61. The van der Waals surface area contributed by atoms with Crippen molar-refractivity contribution in [2.24, 2.45) is 7.05 Å². The normalized spacial score (nSPS) is 21.4. The van der Waals surface area contributed by atoms with Crippen molar-refractivity contribution < 1.29 is 0 Å². The molecule has 0 aromatic carbocycles. The van der Waals surface area contributed by atoms with Gasteiger partial charge in [-0.15, -0.1) is 0 Å². The summed E-state index contributed by atoms with van der Waals surface area (Å²) in [7, 11) is 2.09. The van der Waals surface area contributed by atoms with E-state index >= 15 is 0 Å². The Balaban J connectivity index is 2.08. The average Bonchev–Trinajstić information content (AvgIpc) is 2.73. The Kier molecular flexibility index (Phi) is 2.40. The molecular formula is C13H17N3. The van der Waals surface area contributed by atoms with Crippen LogP contribution in [0.5, 0.6) is 0 Å². The Hall–Kier alpha value is -1.35. The molecule has 2 aromatic heterocycles.